The molecule has 0 radical (unpaired) electrons. The molecule has 1 aromatic heterocycles. The van der Waals surface area contributed by atoms with Crippen molar-refractivity contribution in [1.82, 2.24) is 4.98 Å². The van der Waals surface area contributed by atoms with Crippen LogP contribution in [0.15, 0.2) is 4.42 Å². The van der Waals surface area contributed by atoms with Gasteiger partial charge >= 0.3 is 0 Å². The van der Waals surface area contributed by atoms with Crippen LogP contribution < -0.4 is 0 Å². The Bertz CT molecular complexity index is 250. The highest BCUT2D eigenvalue weighted by molar-refractivity contribution is 6.20. The Morgan fingerprint density at radius 2 is 2.15 bits per heavy atom. The normalized spacial score (nSPS) is 13.2. The van der Waals surface area contributed by atoms with E-state index in [1.54, 1.807) is 0 Å². The molecule has 1 aromatic rings. The maximum atomic E-state index is 6.11. The van der Waals surface area contributed by atoms with E-state index in [0.717, 1.165) is 30.7 Å². The lowest BCUT2D eigenvalue weighted by molar-refractivity contribution is 0.454. The van der Waals surface area contributed by atoms with Gasteiger partial charge in [-0.15, -0.1) is 11.6 Å². The molecule has 0 N–H and O–H groups in total. The maximum absolute atomic E-state index is 6.11. The van der Waals surface area contributed by atoms with Gasteiger partial charge in [-0.25, -0.2) is 4.98 Å². The number of rotatable bonds is 4. The fraction of sp³-hybridized carbons (Fsp3) is 0.700. The van der Waals surface area contributed by atoms with Crippen LogP contribution in [0.2, 0.25) is 0 Å². The highest BCUT2D eigenvalue weighted by atomic mass is 35.5. The largest absolute Gasteiger partial charge is 0.444 e. The Hall–Kier alpha value is -0.500. The quantitative estimate of drug-likeness (QED) is 0.694. The summed E-state index contributed by atoms with van der Waals surface area (Å²) in [5, 5.41) is -0.0626. The molecule has 3 heteroatoms. The maximum Gasteiger partial charge on any atom is 0.212 e. The topological polar surface area (TPSA) is 26.0 Å². The van der Waals surface area contributed by atoms with Gasteiger partial charge in [-0.3, -0.25) is 0 Å². The molecule has 0 aliphatic rings. The van der Waals surface area contributed by atoms with Crippen LogP contribution in [0.5, 0.6) is 0 Å². The molecule has 74 valence electrons. The smallest absolute Gasteiger partial charge is 0.212 e. The summed E-state index contributed by atoms with van der Waals surface area (Å²) in [4.78, 5) is 4.26. The number of aromatic nitrogens is 1. The summed E-state index contributed by atoms with van der Waals surface area (Å²) in [5.41, 5.74) is 0.942. The molecule has 1 rings (SSSR count). The molecule has 0 bridgehead atoms. The van der Waals surface area contributed by atoms with Crippen molar-refractivity contribution in [2.24, 2.45) is 0 Å². The molecule has 1 atom stereocenters. The summed E-state index contributed by atoms with van der Waals surface area (Å²) < 4.78 is 5.43. The van der Waals surface area contributed by atoms with E-state index in [-0.39, 0.29) is 5.38 Å². The molecule has 0 aliphatic heterocycles. The Kier molecular flexibility index (Phi) is 3.79. The number of halogens is 1. The third kappa shape index (κ3) is 2.73. The summed E-state index contributed by atoms with van der Waals surface area (Å²) in [7, 11) is 0. The van der Waals surface area contributed by atoms with Gasteiger partial charge in [-0.1, -0.05) is 19.8 Å². The molecule has 0 saturated heterocycles. The second kappa shape index (κ2) is 4.66. The zero-order valence-corrected chi connectivity index (χ0v) is 9.19. The average molecular weight is 202 g/mol. The fourth-order valence-corrected chi connectivity index (χ4v) is 1.39. The standard InChI is InChI=1S/C10H16ClNO/c1-4-5-6-9(11)10-12-7(2)8(3)13-10/h9H,4-6H2,1-3H3/t9-/m0/s1. The molecule has 0 spiro atoms. The van der Waals surface area contributed by atoms with Crippen LogP contribution in [0.3, 0.4) is 0 Å². The lowest BCUT2D eigenvalue weighted by atomic mass is 10.2. The second-order valence-electron chi connectivity index (χ2n) is 3.30. The zero-order valence-electron chi connectivity index (χ0n) is 8.43. The van der Waals surface area contributed by atoms with Crippen LogP contribution in [0, 0.1) is 13.8 Å². The fourth-order valence-electron chi connectivity index (χ4n) is 1.14. The predicted octanol–water partition coefficient (Wildman–Crippen LogP) is 3.76. The summed E-state index contributed by atoms with van der Waals surface area (Å²) >= 11 is 6.11. The molecule has 0 saturated carbocycles. The van der Waals surface area contributed by atoms with Gasteiger partial charge in [-0.2, -0.15) is 0 Å². The Labute approximate surface area is 84.3 Å². The van der Waals surface area contributed by atoms with Crippen LogP contribution in [-0.4, -0.2) is 4.98 Å². The summed E-state index contributed by atoms with van der Waals surface area (Å²) in [6.07, 6.45) is 3.22. The van der Waals surface area contributed by atoms with Gasteiger partial charge in [0, 0.05) is 0 Å². The van der Waals surface area contributed by atoms with E-state index >= 15 is 0 Å². The Balaban J connectivity index is 2.60. The highest BCUT2D eigenvalue weighted by Gasteiger charge is 2.14. The van der Waals surface area contributed by atoms with Gasteiger partial charge in [0.05, 0.1) is 5.69 Å². The van der Waals surface area contributed by atoms with E-state index in [1.165, 1.54) is 0 Å². The molecule has 1 heterocycles. The van der Waals surface area contributed by atoms with Crippen molar-refractivity contribution >= 4 is 11.6 Å². The minimum atomic E-state index is -0.0626. The van der Waals surface area contributed by atoms with E-state index in [9.17, 15) is 0 Å². The third-order valence-electron chi connectivity index (χ3n) is 2.12. The van der Waals surface area contributed by atoms with Gasteiger partial charge in [0.25, 0.3) is 0 Å². The average Bonchev–Trinajstić information content (AvgIpc) is 2.43. The Morgan fingerprint density at radius 1 is 1.46 bits per heavy atom. The van der Waals surface area contributed by atoms with Gasteiger partial charge < -0.3 is 4.42 Å². The SMILES string of the molecule is CCCC[C@H](Cl)c1nc(C)c(C)o1. The van der Waals surface area contributed by atoms with Crippen LogP contribution in [0.4, 0.5) is 0 Å². The van der Waals surface area contributed by atoms with Crippen molar-refractivity contribution in [3.63, 3.8) is 0 Å². The van der Waals surface area contributed by atoms with Gasteiger partial charge in [0.2, 0.25) is 5.89 Å². The number of oxazole rings is 1. The molecule has 0 fully saturated rings. The minimum Gasteiger partial charge on any atom is -0.444 e. The first-order chi connectivity index (χ1) is 6.15. The monoisotopic (exact) mass is 201 g/mol. The van der Waals surface area contributed by atoms with E-state index in [4.69, 9.17) is 16.0 Å². The van der Waals surface area contributed by atoms with E-state index in [1.807, 2.05) is 13.8 Å². The van der Waals surface area contributed by atoms with Crippen LogP contribution in [-0.2, 0) is 0 Å². The lowest BCUT2D eigenvalue weighted by Crippen LogP contribution is -1.90. The number of unbranched alkanes of at least 4 members (excludes halogenated alkanes) is 1. The molecule has 0 unspecified atom stereocenters. The van der Waals surface area contributed by atoms with Crippen molar-refractivity contribution in [3.8, 4) is 0 Å². The molecule has 0 amide bonds. The van der Waals surface area contributed by atoms with E-state index in [0.29, 0.717) is 5.89 Å². The van der Waals surface area contributed by atoms with E-state index in [2.05, 4.69) is 11.9 Å². The molecule has 2 nitrogen and oxygen atoms in total. The van der Waals surface area contributed by atoms with Crippen molar-refractivity contribution in [3.05, 3.63) is 17.3 Å². The molecule has 0 aromatic carbocycles. The lowest BCUT2D eigenvalue weighted by Gasteiger charge is -2.02. The number of aryl methyl sites for hydroxylation is 2. The summed E-state index contributed by atoms with van der Waals surface area (Å²) in [5.74, 6) is 1.54. The van der Waals surface area contributed by atoms with Gasteiger partial charge in [-0.05, 0) is 20.3 Å². The Morgan fingerprint density at radius 3 is 2.62 bits per heavy atom. The first-order valence-corrected chi connectivity index (χ1v) is 5.16. The molecular weight excluding hydrogens is 186 g/mol. The molecule has 0 aliphatic carbocycles. The minimum absolute atomic E-state index is 0.0626. The van der Waals surface area contributed by atoms with Crippen molar-refractivity contribution < 1.29 is 4.42 Å². The summed E-state index contributed by atoms with van der Waals surface area (Å²) in [6.45, 7) is 6.00. The zero-order chi connectivity index (χ0) is 9.84. The van der Waals surface area contributed by atoms with Gasteiger partial charge in [0.15, 0.2) is 0 Å². The second-order valence-corrected chi connectivity index (χ2v) is 3.83. The first-order valence-electron chi connectivity index (χ1n) is 4.73. The van der Waals surface area contributed by atoms with Crippen molar-refractivity contribution in [2.45, 2.75) is 45.4 Å². The van der Waals surface area contributed by atoms with Gasteiger partial charge in [0.1, 0.15) is 11.1 Å². The third-order valence-corrected chi connectivity index (χ3v) is 2.53. The number of nitrogens with zero attached hydrogens (tertiary/aromatic N) is 1. The molecule has 13 heavy (non-hydrogen) atoms. The first kappa shape index (κ1) is 10.6. The highest BCUT2D eigenvalue weighted by Crippen LogP contribution is 2.26. The number of hydrogen-bond acceptors (Lipinski definition) is 2. The van der Waals surface area contributed by atoms with E-state index < -0.39 is 0 Å². The number of hydrogen-bond donors (Lipinski definition) is 0. The number of alkyl halides is 1. The van der Waals surface area contributed by atoms with Crippen LogP contribution in [0.25, 0.3) is 0 Å². The summed E-state index contributed by atoms with van der Waals surface area (Å²) in [6, 6.07) is 0. The predicted molar refractivity (Wildman–Crippen MR) is 54.1 cm³/mol. The van der Waals surface area contributed by atoms with Crippen LogP contribution in [0.1, 0.15) is 48.9 Å². The molecular formula is C10H16ClNO. The van der Waals surface area contributed by atoms with Crippen molar-refractivity contribution in [1.29, 1.82) is 0 Å². The van der Waals surface area contributed by atoms with Crippen LogP contribution >= 0.6 is 11.6 Å². The van der Waals surface area contributed by atoms with Crippen molar-refractivity contribution in [2.75, 3.05) is 0 Å².